The van der Waals surface area contributed by atoms with Crippen molar-refractivity contribution < 1.29 is 33.6 Å². The molecule has 0 aromatic heterocycles. The molecule has 0 fully saturated rings. The molecule has 19 heteroatoms. The fourth-order valence-corrected chi connectivity index (χ4v) is 13.2. The van der Waals surface area contributed by atoms with Crippen LogP contribution in [-0.4, -0.2) is 58.7 Å². The SMILES string of the molecule is CCOC(=O)CSC1=C(c2ccccc2Cl)C(OC2C(c3ccccc3Cl)=CC(c3ccccc3Cl)([N+](=O)[O-])C(SCC(=O)OCC)=C2c2ccccc2Cl)C(c2ccccc2Cl)=CC1(c1ccccc1Cl)[N+](=O)[O-]. The van der Waals surface area contributed by atoms with E-state index in [1.807, 2.05) is 0 Å². The molecule has 2 aliphatic carbocycles. The largest absolute Gasteiger partial charge is 0.465 e. The first-order valence-corrected chi connectivity index (χ1v) is 27.3. The van der Waals surface area contributed by atoms with Crippen LogP contribution < -0.4 is 0 Å². The fourth-order valence-electron chi connectivity index (χ4n) is 9.28. The number of nitrogens with zero attached hydrogens (tertiary/aromatic N) is 2. The quantitative estimate of drug-likeness (QED) is 0.0460. The van der Waals surface area contributed by atoms with Gasteiger partial charge in [-0.3, -0.25) is 29.8 Å². The number of carbonyl (C=O) groups excluding carboxylic acids is 2. The third-order valence-corrected chi connectivity index (χ3v) is 16.8. The zero-order valence-corrected chi connectivity index (χ0v) is 45.8. The molecule has 11 nitrogen and oxygen atoms in total. The van der Waals surface area contributed by atoms with Crippen LogP contribution >= 0.6 is 93.1 Å². The molecule has 0 N–H and O–H groups in total. The molecule has 4 atom stereocenters. The summed E-state index contributed by atoms with van der Waals surface area (Å²) in [6, 6.07) is 39.3. The van der Waals surface area contributed by atoms with Crippen molar-refractivity contribution in [2.45, 2.75) is 37.1 Å². The van der Waals surface area contributed by atoms with Gasteiger partial charge in [-0.15, -0.1) is 23.5 Å². The summed E-state index contributed by atoms with van der Waals surface area (Å²) in [5.74, 6) is -2.20. The van der Waals surface area contributed by atoms with Crippen molar-refractivity contribution in [3.05, 3.63) is 251 Å². The second-order valence-corrected chi connectivity index (χ2v) is 21.1. The van der Waals surface area contributed by atoms with Gasteiger partial charge in [-0.2, -0.15) is 0 Å². The summed E-state index contributed by atoms with van der Waals surface area (Å²) in [6.45, 7) is 3.33. The Hall–Kier alpha value is -5.58. The predicted octanol–water partition coefficient (Wildman–Crippen LogP) is 15.6. The topological polar surface area (TPSA) is 148 Å². The normalized spacial score (nSPS) is 19.5. The van der Waals surface area contributed by atoms with Crippen LogP contribution in [0, 0.1) is 20.2 Å². The molecule has 0 radical (unpaired) electrons. The standard InChI is InChI=1S/C56H42Cl6N2O9S2/c1-3-71-47(65)31-74-53-49(35-19-7-13-25-43(35)59)51(37(33-17-5-11-23-41(33)57)29-55(53,63(67)68)39-21-9-15-27-45(39)61)73-52-38(34-18-6-12-24-42(34)58)30-56(64(69)70,40-22-10-16-28-46(40)62)54(75-32-48(66)72-4-2)50(52)36-20-8-14-26-44(36)60/h5-30,51-52H,3-4,31-32H2,1-2H3. The van der Waals surface area contributed by atoms with E-state index in [-0.39, 0.29) is 109 Å². The van der Waals surface area contributed by atoms with Crippen LogP contribution in [0.1, 0.15) is 47.2 Å². The van der Waals surface area contributed by atoms with Crippen LogP contribution in [0.2, 0.25) is 30.1 Å². The van der Waals surface area contributed by atoms with Gasteiger partial charge in [-0.25, -0.2) is 0 Å². The Morgan fingerprint density at radius 1 is 0.480 bits per heavy atom. The highest BCUT2D eigenvalue weighted by atomic mass is 35.5. The van der Waals surface area contributed by atoms with Gasteiger partial charge >= 0.3 is 11.9 Å². The molecule has 8 rings (SSSR count). The Morgan fingerprint density at radius 2 is 0.773 bits per heavy atom. The van der Waals surface area contributed by atoms with E-state index in [9.17, 15) is 29.8 Å². The number of thioether (sulfide) groups is 2. The van der Waals surface area contributed by atoms with Crippen molar-refractivity contribution in [2.75, 3.05) is 24.7 Å². The lowest BCUT2D eigenvalue weighted by molar-refractivity contribution is -0.549. The average molecular weight is 1160 g/mol. The molecule has 75 heavy (non-hydrogen) atoms. The van der Waals surface area contributed by atoms with E-state index in [1.165, 1.54) is 36.4 Å². The van der Waals surface area contributed by atoms with E-state index in [0.29, 0.717) is 0 Å². The third-order valence-electron chi connectivity index (χ3n) is 12.4. The number of esters is 2. The van der Waals surface area contributed by atoms with Crippen molar-refractivity contribution in [3.63, 3.8) is 0 Å². The molecule has 4 unspecified atom stereocenters. The van der Waals surface area contributed by atoms with Crippen LogP contribution in [0.4, 0.5) is 0 Å². The number of ether oxygens (including phenoxy) is 3. The molecule has 0 saturated carbocycles. The van der Waals surface area contributed by atoms with E-state index < -0.39 is 56.6 Å². The number of benzene rings is 6. The molecule has 0 heterocycles. The first kappa shape index (κ1) is 55.6. The number of hydrogen-bond acceptors (Lipinski definition) is 11. The number of nitro groups is 2. The summed E-state index contributed by atoms with van der Waals surface area (Å²) < 4.78 is 18.6. The minimum atomic E-state index is -2.39. The maximum Gasteiger partial charge on any atom is 0.316 e. The van der Waals surface area contributed by atoms with Crippen molar-refractivity contribution in [1.82, 2.24) is 0 Å². The summed E-state index contributed by atoms with van der Waals surface area (Å²) in [6.07, 6.45) is -0.150. The summed E-state index contributed by atoms with van der Waals surface area (Å²) in [5, 5.41) is 29.8. The number of hydrogen-bond donors (Lipinski definition) is 0. The Labute approximate surface area is 470 Å². The van der Waals surface area contributed by atoms with Gasteiger partial charge in [-0.05, 0) is 84.7 Å². The Morgan fingerprint density at radius 3 is 1.07 bits per heavy atom. The lowest BCUT2D eigenvalue weighted by Crippen LogP contribution is -2.44. The van der Waals surface area contributed by atoms with Crippen LogP contribution in [0.3, 0.4) is 0 Å². The molecular formula is C56H42Cl6N2O9S2. The van der Waals surface area contributed by atoms with Crippen LogP contribution in [-0.2, 0) is 34.9 Å². The highest BCUT2D eigenvalue weighted by Crippen LogP contribution is 2.59. The average Bonchev–Trinajstić information content (AvgIpc) is 3.43. The molecular weight excluding hydrogens is 1120 g/mol. The first-order chi connectivity index (χ1) is 36.1. The van der Waals surface area contributed by atoms with Gasteiger partial charge in [0.05, 0.1) is 55.7 Å². The fraction of sp³-hybridized carbons (Fsp3) is 0.179. The third kappa shape index (κ3) is 10.9. The van der Waals surface area contributed by atoms with E-state index in [2.05, 4.69) is 0 Å². The van der Waals surface area contributed by atoms with E-state index in [4.69, 9.17) is 83.8 Å². The van der Waals surface area contributed by atoms with Gasteiger partial charge < -0.3 is 14.2 Å². The Balaban J connectivity index is 1.59. The lowest BCUT2D eigenvalue weighted by atomic mass is 9.74. The number of carbonyl (C=O) groups is 2. The summed E-state index contributed by atoms with van der Waals surface area (Å²) in [7, 11) is 0. The van der Waals surface area contributed by atoms with Crippen molar-refractivity contribution >= 4 is 127 Å². The molecule has 6 aromatic carbocycles. The monoisotopic (exact) mass is 1160 g/mol. The van der Waals surface area contributed by atoms with Crippen LogP contribution in [0.25, 0.3) is 22.3 Å². The molecule has 0 bridgehead atoms. The molecule has 0 spiro atoms. The second kappa shape index (κ2) is 24.2. The first-order valence-electron chi connectivity index (χ1n) is 23.1. The van der Waals surface area contributed by atoms with Gasteiger partial charge in [-0.1, -0.05) is 167 Å². The van der Waals surface area contributed by atoms with E-state index in [1.54, 1.807) is 135 Å². The maximum atomic E-state index is 14.6. The van der Waals surface area contributed by atoms with E-state index in [0.717, 1.165) is 23.5 Å². The summed E-state index contributed by atoms with van der Waals surface area (Å²) in [5.41, 5.74) is -3.12. The predicted molar refractivity (Wildman–Crippen MR) is 303 cm³/mol. The van der Waals surface area contributed by atoms with Crippen molar-refractivity contribution in [3.8, 4) is 0 Å². The van der Waals surface area contributed by atoms with Gasteiger partial charge in [0.2, 0.25) is 0 Å². The van der Waals surface area contributed by atoms with Crippen LogP contribution in [0.5, 0.6) is 0 Å². The van der Waals surface area contributed by atoms with Crippen molar-refractivity contribution in [2.24, 2.45) is 0 Å². The Kier molecular flexibility index (Phi) is 17.9. The molecule has 6 aromatic rings. The molecule has 384 valence electrons. The van der Waals surface area contributed by atoms with Crippen LogP contribution in [0.15, 0.2) is 168 Å². The molecule has 0 aliphatic heterocycles. The molecule has 0 amide bonds. The van der Waals surface area contributed by atoms with Gasteiger partial charge in [0.15, 0.2) is 0 Å². The van der Waals surface area contributed by atoms with Gasteiger partial charge in [0.25, 0.3) is 11.1 Å². The lowest BCUT2D eigenvalue weighted by Gasteiger charge is -2.42. The zero-order valence-electron chi connectivity index (χ0n) is 39.6. The smallest absolute Gasteiger partial charge is 0.316 e. The highest BCUT2D eigenvalue weighted by molar-refractivity contribution is 8.04. The number of halogens is 6. The highest BCUT2D eigenvalue weighted by Gasteiger charge is 2.58. The second-order valence-electron chi connectivity index (χ2n) is 16.7. The molecule has 0 saturated heterocycles. The van der Waals surface area contributed by atoms with Gasteiger partial charge in [0.1, 0.15) is 12.2 Å². The summed E-state index contributed by atoms with van der Waals surface area (Å²) >= 11 is 44.7. The molecule has 2 aliphatic rings. The number of rotatable bonds is 18. The summed E-state index contributed by atoms with van der Waals surface area (Å²) in [4.78, 5) is 55.1. The maximum absolute atomic E-state index is 14.6. The van der Waals surface area contributed by atoms with E-state index >= 15 is 0 Å². The minimum absolute atomic E-state index is 0.0232. The minimum Gasteiger partial charge on any atom is -0.465 e. The van der Waals surface area contributed by atoms with Crippen molar-refractivity contribution in [1.29, 1.82) is 0 Å². The van der Waals surface area contributed by atoms with Gasteiger partial charge in [0, 0.05) is 64.4 Å². The Bertz CT molecular complexity index is 3150. The zero-order chi connectivity index (χ0) is 53.6.